The number of rotatable bonds is 5. The van der Waals surface area contributed by atoms with Gasteiger partial charge in [0.15, 0.2) is 0 Å². The highest BCUT2D eigenvalue weighted by atomic mass is 35.5. The Labute approximate surface area is 180 Å². The number of hydrogen-bond acceptors (Lipinski definition) is 3. The maximum Gasteiger partial charge on any atom is 0.226 e. The molecular weight excluding hydrogens is 384 g/mol. The van der Waals surface area contributed by atoms with Crippen LogP contribution in [0.15, 0.2) is 48.5 Å². The van der Waals surface area contributed by atoms with E-state index in [2.05, 4.69) is 41.4 Å². The third-order valence-electron chi connectivity index (χ3n) is 6.11. The van der Waals surface area contributed by atoms with Gasteiger partial charge in [-0.3, -0.25) is 4.79 Å². The minimum absolute atomic E-state index is 0. The number of benzene rings is 2. The first-order chi connectivity index (χ1) is 13.7. The van der Waals surface area contributed by atoms with Crippen LogP contribution in [0.3, 0.4) is 0 Å². The number of aryl methyl sites for hydroxylation is 1. The minimum Gasteiger partial charge on any atom is -0.489 e. The molecule has 156 valence electrons. The van der Waals surface area contributed by atoms with Crippen LogP contribution in [0.5, 0.6) is 5.75 Å². The van der Waals surface area contributed by atoms with Gasteiger partial charge in [0.2, 0.25) is 5.91 Å². The van der Waals surface area contributed by atoms with Crippen molar-refractivity contribution in [3.63, 3.8) is 0 Å². The molecule has 2 aromatic rings. The average molecular weight is 415 g/mol. The van der Waals surface area contributed by atoms with Crippen molar-refractivity contribution in [2.75, 3.05) is 26.2 Å². The van der Waals surface area contributed by atoms with Crippen molar-refractivity contribution in [1.82, 2.24) is 10.2 Å². The summed E-state index contributed by atoms with van der Waals surface area (Å²) < 4.78 is 5.95. The minimum atomic E-state index is 0. The van der Waals surface area contributed by atoms with E-state index in [1.807, 2.05) is 24.3 Å². The fourth-order valence-corrected chi connectivity index (χ4v) is 4.47. The number of nitrogens with one attached hydrogen (secondary N) is 1. The quantitative estimate of drug-likeness (QED) is 0.804. The monoisotopic (exact) mass is 414 g/mol. The molecule has 0 saturated carbocycles. The first-order valence-electron chi connectivity index (χ1n) is 10.4. The lowest BCUT2D eigenvalue weighted by Gasteiger charge is -2.21. The van der Waals surface area contributed by atoms with Crippen molar-refractivity contribution in [3.05, 3.63) is 65.2 Å². The molecule has 4 rings (SSSR count). The average Bonchev–Trinajstić information content (AvgIpc) is 3.05. The summed E-state index contributed by atoms with van der Waals surface area (Å²) >= 11 is 0. The SMILES string of the molecule is Cc1cccc(COc2cccc(CC(=O)N3CC[C@@H]4CNC[C@@H]4CC3)c2)c1.Cl. The largest absolute Gasteiger partial charge is 0.489 e. The lowest BCUT2D eigenvalue weighted by atomic mass is 9.92. The third kappa shape index (κ3) is 5.74. The van der Waals surface area contributed by atoms with Crippen molar-refractivity contribution >= 4 is 18.3 Å². The number of fused-ring (bicyclic) bond motifs is 1. The maximum absolute atomic E-state index is 12.8. The topological polar surface area (TPSA) is 41.6 Å². The zero-order valence-electron chi connectivity index (χ0n) is 17.1. The van der Waals surface area contributed by atoms with Crippen LogP contribution < -0.4 is 10.1 Å². The summed E-state index contributed by atoms with van der Waals surface area (Å²) in [5, 5.41) is 3.49. The van der Waals surface area contributed by atoms with Crippen LogP contribution in [0, 0.1) is 18.8 Å². The molecule has 2 aromatic carbocycles. The fourth-order valence-electron chi connectivity index (χ4n) is 4.47. The van der Waals surface area contributed by atoms with E-state index in [9.17, 15) is 4.79 Å². The Kier molecular flexibility index (Phi) is 7.57. The van der Waals surface area contributed by atoms with E-state index in [1.54, 1.807) is 0 Å². The first-order valence-corrected chi connectivity index (χ1v) is 10.4. The summed E-state index contributed by atoms with van der Waals surface area (Å²) in [5.41, 5.74) is 3.42. The molecule has 0 aliphatic carbocycles. The summed E-state index contributed by atoms with van der Waals surface area (Å²) in [6.07, 6.45) is 2.71. The fraction of sp³-hybridized carbons (Fsp3) is 0.458. The summed E-state index contributed by atoms with van der Waals surface area (Å²) in [7, 11) is 0. The molecular formula is C24H31ClN2O2. The number of likely N-dealkylation sites (tertiary alicyclic amines) is 1. The van der Waals surface area contributed by atoms with Crippen LogP contribution in [0.1, 0.15) is 29.5 Å². The number of carbonyl (C=O) groups is 1. The molecule has 2 saturated heterocycles. The Bertz CT molecular complexity index is 812. The van der Waals surface area contributed by atoms with Gasteiger partial charge in [-0.25, -0.2) is 0 Å². The van der Waals surface area contributed by atoms with E-state index >= 15 is 0 Å². The number of hydrogen-bond donors (Lipinski definition) is 1. The van der Waals surface area contributed by atoms with E-state index < -0.39 is 0 Å². The van der Waals surface area contributed by atoms with Gasteiger partial charge in [-0.1, -0.05) is 42.0 Å². The molecule has 1 N–H and O–H groups in total. The smallest absolute Gasteiger partial charge is 0.226 e. The van der Waals surface area contributed by atoms with Crippen LogP contribution >= 0.6 is 12.4 Å². The second-order valence-corrected chi connectivity index (χ2v) is 8.24. The predicted molar refractivity (Wildman–Crippen MR) is 119 cm³/mol. The molecule has 0 radical (unpaired) electrons. The standard InChI is InChI=1S/C24H30N2O2.ClH/c1-18-4-2-6-20(12-18)17-28-23-7-3-5-19(13-23)14-24(27)26-10-8-21-15-25-16-22(21)9-11-26;/h2-7,12-13,21-22,25H,8-11,14-17H2,1H3;1H/t21-,22+;. The van der Waals surface area contributed by atoms with Gasteiger partial charge in [-0.2, -0.15) is 0 Å². The number of carbonyl (C=O) groups excluding carboxylic acids is 1. The van der Waals surface area contributed by atoms with Gasteiger partial charge in [-0.05, 0) is 68.0 Å². The lowest BCUT2D eigenvalue weighted by Crippen LogP contribution is -2.33. The van der Waals surface area contributed by atoms with Crippen molar-refractivity contribution in [1.29, 1.82) is 0 Å². The first kappa shape index (κ1) is 21.7. The number of halogens is 1. The molecule has 0 aromatic heterocycles. The van der Waals surface area contributed by atoms with Gasteiger partial charge in [0.05, 0.1) is 6.42 Å². The molecule has 1 amide bonds. The number of nitrogens with zero attached hydrogens (tertiary/aromatic N) is 1. The van der Waals surface area contributed by atoms with E-state index in [1.165, 1.54) is 5.56 Å². The second-order valence-electron chi connectivity index (χ2n) is 8.24. The van der Waals surface area contributed by atoms with E-state index in [0.717, 1.165) is 67.7 Å². The lowest BCUT2D eigenvalue weighted by molar-refractivity contribution is -0.130. The van der Waals surface area contributed by atoms with Gasteiger partial charge in [0, 0.05) is 13.1 Å². The van der Waals surface area contributed by atoms with Crippen molar-refractivity contribution < 1.29 is 9.53 Å². The molecule has 4 nitrogen and oxygen atoms in total. The van der Waals surface area contributed by atoms with Crippen LogP contribution in [-0.4, -0.2) is 37.0 Å². The molecule has 2 aliphatic rings. The van der Waals surface area contributed by atoms with Crippen molar-refractivity contribution in [2.45, 2.75) is 32.8 Å². The summed E-state index contributed by atoms with van der Waals surface area (Å²) in [4.78, 5) is 14.9. The van der Waals surface area contributed by atoms with Crippen LogP contribution in [-0.2, 0) is 17.8 Å². The molecule has 2 heterocycles. The van der Waals surface area contributed by atoms with Gasteiger partial charge < -0.3 is 15.0 Å². The highest BCUT2D eigenvalue weighted by Crippen LogP contribution is 2.27. The molecule has 2 aliphatic heterocycles. The number of amides is 1. The summed E-state index contributed by atoms with van der Waals surface area (Å²) in [6, 6.07) is 16.3. The second kappa shape index (κ2) is 10.1. The summed E-state index contributed by atoms with van der Waals surface area (Å²) in [6.45, 7) is 6.65. The maximum atomic E-state index is 12.8. The van der Waals surface area contributed by atoms with E-state index in [4.69, 9.17) is 4.74 Å². The molecule has 5 heteroatoms. The zero-order valence-corrected chi connectivity index (χ0v) is 17.9. The van der Waals surface area contributed by atoms with Crippen molar-refractivity contribution in [3.8, 4) is 5.75 Å². The van der Waals surface area contributed by atoms with E-state index in [0.29, 0.717) is 13.0 Å². The molecule has 0 unspecified atom stereocenters. The van der Waals surface area contributed by atoms with Crippen LogP contribution in [0.2, 0.25) is 0 Å². The molecule has 2 atom stereocenters. The Morgan fingerprint density at radius 2 is 1.72 bits per heavy atom. The zero-order chi connectivity index (χ0) is 19.3. The Balaban J connectivity index is 0.00000240. The van der Waals surface area contributed by atoms with Crippen LogP contribution in [0.25, 0.3) is 0 Å². The Morgan fingerprint density at radius 3 is 2.45 bits per heavy atom. The van der Waals surface area contributed by atoms with Crippen molar-refractivity contribution in [2.24, 2.45) is 11.8 Å². The molecule has 29 heavy (non-hydrogen) atoms. The Hall–Kier alpha value is -2.04. The van der Waals surface area contributed by atoms with Gasteiger partial charge in [-0.15, -0.1) is 12.4 Å². The predicted octanol–water partition coefficient (Wildman–Crippen LogP) is 4.00. The van der Waals surface area contributed by atoms with Gasteiger partial charge in [0.25, 0.3) is 0 Å². The molecule has 0 bridgehead atoms. The highest BCUT2D eigenvalue weighted by Gasteiger charge is 2.31. The number of ether oxygens (including phenoxy) is 1. The Morgan fingerprint density at radius 1 is 1.03 bits per heavy atom. The van der Waals surface area contributed by atoms with Gasteiger partial charge >= 0.3 is 0 Å². The molecule has 0 spiro atoms. The van der Waals surface area contributed by atoms with Crippen LogP contribution in [0.4, 0.5) is 0 Å². The normalized spacial score (nSPS) is 21.1. The highest BCUT2D eigenvalue weighted by molar-refractivity contribution is 5.85. The van der Waals surface area contributed by atoms with Gasteiger partial charge in [0.1, 0.15) is 12.4 Å². The van der Waals surface area contributed by atoms with E-state index in [-0.39, 0.29) is 18.3 Å². The summed E-state index contributed by atoms with van der Waals surface area (Å²) in [5.74, 6) is 2.55. The third-order valence-corrected chi connectivity index (χ3v) is 6.11. The molecule has 2 fully saturated rings.